The van der Waals surface area contributed by atoms with Gasteiger partial charge in [-0.05, 0) is 25.8 Å². The summed E-state index contributed by atoms with van der Waals surface area (Å²) in [6, 6.07) is 7.83. The Labute approximate surface area is 101 Å². The highest BCUT2D eigenvalue weighted by molar-refractivity contribution is 6.10. The number of amides is 2. The van der Waals surface area contributed by atoms with E-state index in [9.17, 15) is 9.59 Å². The molecular weight excluding hydrogens is 214 g/mol. The van der Waals surface area contributed by atoms with Crippen LogP contribution in [0.1, 0.15) is 31.4 Å². The van der Waals surface area contributed by atoms with Gasteiger partial charge in [0.05, 0.1) is 11.3 Å². The summed E-state index contributed by atoms with van der Waals surface area (Å²) in [5, 5.41) is 2.44. The first-order chi connectivity index (χ1) is 8.00. The lowest BCUT2D eigenvalue weighted by atomic mass is 9.72. The molecule has 0 aromatic heterocycles. The van der Waals surface area contributed by atoms with E-state index >= 15 is 0 Å². The quantitative estimate of drug-likeness (QED) is 0.791. The maximum Gasteiger partial charge on any atom is 0.237 e. The number of carbonyl (C=O) groups excluding carboxylic acids is 2. The van der Waals surface area contributed by atoms with E-state index in [1.165, 1.54) is 0 Å². The molecule has 3 nitrogen and oxygen atoms in total. The number of benzene rings is 1. The van der Waals surface area contributed by atoms with E-state index in [4.69, 9.17) is 0 Å². The van der Waals surface area contributed by atoms with Gasteiger partial charge in [-0.1, -0.05) is 36.8 Å². The van der Waals surface area contributed by atoms with E-state index in [1.54, 1.807) is 0 Å². The summed E-state index contributed by atoms with van der Waals surface area (Å²) in [6.07, 6.45) is 0.669. The van der Waals surface area contributed by atoms with Crippen molar-refractivity contribution in [2.24, 2.45) is 5.92 Å². The van der Waals surface area contributed by atoms with E-state index in [0.29, 0.717) is 6.42 Å². The zero-order valence-corrected chi connectivity index (χ0v) is 10.4. The third kappa shape index (κ3) is 1.66. The van der Waals surface area contributed by atoms with Gasteiger partial charge in [-0.15, -0.1) is 0 Å². The molecule has 17 heavy (non-hydrogen) atoms. The second-order valence-corrected chi connectivity index (χ2v) is 4.85. The van der Waals surface area contributed by atoms with Crippen LogP contribution >= 0.6 is 0 Å². The first-order valence-corrected chi connectivity index (χ1v) is 5.92. The minimum absolute atomic E-state index is 0.152. The Kier molecular flexibility index (Phi) is 2.77. The predicted molar refractivity (Wildman–Crippen MR) is 65.5 cm³/mol. The fourth-order valence-electron chi connectivity index (χ4n) is 2.57. The van der Waals surface area contributed by atoms with Crippen molar-refractivity contribution in [3.05, 3.63) is 35.4 Å². The molecule has 0 spiro atoms. The largest absolute Gasteiger partial charge is 0.295 e. The summed E-state index contributed by atoms with van der Waals surface area (Å²) in [5.41, 5.74) is 1.34. The molecule has 1 aromatic carbocycles. The van der Waals surface area contributed by atoms with Crippen LogP contribution in [0.3, 0.4) is 0 Å². The summed E-state index contributed by atoms with van der Waals surface area (Å²) >= 11 is 0. The van der Waals surface area contributed by atoms with Crippen molar-refractivity contribution < 1.29 is 9.59 Å². The Morgan fingerprint density at radius 3 is 2.35 bits per heavy atom. The minimum Gasteiger partial charge on any atom is -0.295 e. The monoisotopic (exact) mass is 231 g/mol. The Morgan fingerprint density at radius 2 is 1.82 bits per heavy atom. The van der Waals surface area contributed by atoms with E-state index in [-0.39, 0.29) is 17.7 Å². The minimum atomic E-state index is -0.723. The number of carbonyl (C=O) groups is 2. The molecular formula is C14H17NO2. The zero-order valence-electron chi connectivity index (χ0n) is 10.4. The molecule has 3 heteroatoms. The Balaban J connectivity index is 2.50. The number of hydrogen-bond acceptors (Lipinski definition) is 2. The summed E-state index contributed by atoms with van der Waals surface area (Å²) in [7, 11) is 0. The molecule has 0 aliphatic carbocycles. The van der Waals surface area contributed by atoms with Gasteiger partial charge in [0.15, 0.2) is 0 Å². The predicted octanol–water partition coefficient (Wildman–Crippen LogP) is 1.94. The van der Waals surface area contributed by atoms with Crippen molar-refractivity contribution in [1.29, 1.82) is 0 Å². The highest BCUT2D eigenvalue weighted by Crippen LogP contribution is 2.38. The number of hydrogen-bond donors (Lipinski definition) is 1. The van der Waals surface area contributed by atoms with E-state index in [1.807, 2.05) is 45.0 Å². The standard InChI is InChI=1S/C14H17NO2/c1-4-11-12(16)15-13(17)14(11,3)10-7-5-9(2)6-8-10/h5-8,11H,4H2,1-3H3,(H,15,16,17)/t11-,14-/m1/s1. The van der Waals surface area contributed by atoms with Crippen LogP contribution < -0.4 is 5.32 Å². The van der Waals surface area contributed by atoms with Gasteiger partial charge in [-0.3, -0.25) is 14.9 Å². The van der Waals surface area contributed by atoms with Crippen molar-refractivity contribution in [1.82, 2.24) is 5.32 Å². The Morgan fingerprint density at radius 1 is 1.24 bits per heavy atom. The normalized spacial score (nSPS) is 28.3. The fourth-order valence-corrected chi connectivity index (χ4v) is 2.57. The third-order valence-corrected chi connectivity index (χ3v) is 3.78. The van der Waals surface area contributed by atoms with Crippen LogP contribution in [0.15, 0.2) is 24.3 Å². The lowest BCUT2D eigenvalue weighted by molar-refractivity contribution is -0.126. The molecule has 0 bridgehead atoms. The maximum absolute atomic E-state index is 12.0. The summed E-state index contributed by atoms with van der Waals surface area (Å²) in [6.45, 7) is 5.80. The van der Waals surface area contributed by atoms with Crippen LogP contribution in [0.4, 0.5) is 0 Å². The van der Waals surface area contributed by atoms with Crippen LogP contribution in [0.5, 0.6) is 0 Å². The van der Waals surface area contributed by atoms with Crippen molar-refractivity contribution in [3.63, 3.8) is 0 Å². The third-order valence-electron chi connectivity index (χ3n) is 3.78. The summed E-state index contributed by atoms with van der Waals surface area (Å²) in [4.78, 5) is 23.8. The van der Waals surface area contributed by atoms with Crippen LogP contribution in [0.25, 0.3) is 0 Å². The molecule has 2 atom stereocenters. The lowest BCUT2D eigenvalue weighted by Crippen LogP contribution is -2.36. The molecule has 0 radical (unpaired) electrons. The Hall–Kier alpha value is -1.64. The molecule has 1 aliphatic rings. The van der Waals surface area contributed by atoms with Crippen LogP contribution in [0.2, 0.25) is 0 Å². The summed E-state index contributed by atoms with van der Waals surface area (Å²) in [5.74, 6) is -0.600. The van der Waals surface area contributed by atoms with Gasteiger partial charge >= 0.3 is 0 Å². The van der Waals surface area contributed by atoms with Gasteiger partial charge in [0.2, 0.25) is 11.8 Å². The molecule has 90 valence electrons. The molecule has 1 fully saturated rings. The zero-order chi connectivity index (χ0) is 12.6. The van der Waals surface area contributed by atoms with Gasteiger partial charge in [-0.2, -0.15) is 0 Å². The van der Waals surface area contributed by atoms with Crippen molar-refractivity contribution >= 4 is 11.8 Å². The van der Waals surface area contributed by atoms with Gasteiger partial charge in [0, 0.05) is 0 Å². The second kappa shape index (κ2) is 3.99. The number of aryl methyl sites for hydroxylation is 1. The highest BCUT2D eigenvalue weighted by Gasteiger charge is 2.51. The van der Waals surface area contributed by atoms with Gasteiger partial charge in [0.25, 0.3) is 0 Å². The number of rotatable bonds is 2. The van der Waals surface area contributed by atoms with Crippen molar-refractivity contribution in [3.8, 4) is 0 Å². The molecule has 1 aromatic rings. The molecule has 2 rings (SSSR count). The average Bonchev–Trinajstić information content (AvgIpc) is 2.51. The number of nitrogens with one attached hydrogen (secondary N) is 1. The first-order valence-electron chi connectivity index (χ1n) is 5.92. The van der Waals surface area contributed by atoms with Gasteiger partial charge in [0.1, 0.15) is 0 Å². The topological polar surface area (TPSA) is 46.2 Å². The molecule has 0 saturated carbocycles. The average molecular weight is 231 g/mol. The molecule has 1 saturated heterocycles. The van der Waals surface area contributed by atoms with Crippen molar-refractivity contribution in [2.75, 3.05) is 0 Å². The lowest BCUT2D eigenvalue weighted by Gasteiger charge is -2.26. The SMILES string of the molecule is CC[C@@H]1C(=O)NC(=O)[C@]1(C)c1ccc(C)cc1. The fraction of sp³-hybridized carbons (Fsp3) is 0.429. The molecule has 0 unspecified atom stereocenters. The molecule has 2 amide bonds. The Bertz CT molecular complexity index is 464. The van der Waals surface area contributed by atoms with Crippen molar-refractivity contribution in [2.45, 2.75) is 32.6 Å². The maximum atomic E-state index is 12.0. The van der Waals surface area contributed by atoms with E-state index in [0.717, 1.165) is 11.1 Å². The van der Waals surface area contributed by atoms with Crippen LogP contribution in [0, 0.1) is 12.8 Å². The highest BCUT2D eigenvalue weighted by atomic mass is 16.2. The molecule has 1 heterocycles. The van der Waals surface area contributed by atoms with Gasteiger partial charge in [-0.25, -0.2) is 0 Å². The molecule has 1 N–H and O–H groups in total. The second-order valence-electron chi connectivity index (χ2n) is 4.85. The number of imide groups is 1. The van der Waals surface area contributed by atoms with Crippen LogP contribution in [-0.2, 0) is 15.0 Å². The molecule has 1 aliphatic heterocycles. The smallest absolute Gasteiger partial charge is 0.237 e. The summed E-state index contributed by atoms with van der Waals surface area (Å²) < 4.78 is 0. The van der Waals surface area contributed by atoms with E-state index in [2.05, 4.69) is 5.32 Å². The van der Waals surface area contributed by atoms with E-state index < -0.39 is 5.41 Å². The first kappa shape index (κ1) is 11.8. The van der Waals surface area contributed by atoms with Gasteiger partial charge < -0.3 is 0 Å². The van der Waals surface area contributed by atoms with Crippen LogP contribution in [-0.4, -0.2) is 11.8 Å².